The summed E-state index contributed by atoms with van der Waals surface area (Å²) in [5.74, 6) is -0.242. The minimum atomic E-state index is -0.814. The van der Waals surface area contributed by atoms with Crippen molar-refractivity contribution in [2.45, 2.75) is 59.8 Å². The van der Waals surface area contributed by atoms with Crippen molar-refractivity contribution in [1.82, 2.24) is 5.32 Å². The van der Waals surface area contributed by atoms with E-state index in [1.807, 2.05) is 33.8 Å². The zero-order valence-corrected chi connectivity index (χ0v) is 17.8. The number of unbranched alkanes of at least 4 members (excludes halogenated alkanes) is 2. The highest BCUT2D eigenvalue weighted by molar-refractivity contribution is 6.00. The SMILES string of the molecule is Cc1oc2c(C)c3oc(=O)c(CC(=O)NCCCCCC(=O)O)c(C)c3cc2c1C. The van der Waals surface area contributed by atoms with E-state index in [4.69, 9.17) is 13.9 Å². The number of aliphatic carboxylic acids is 1. The molecule has 0 saturated carbocycles. The highest BCUT2D eigenvalue weighted by atomic mass is 16.4. The fourth-order valence-corrected chi connectivity index (χ4v) is 3.73. The number of amides is 1. The van der Waals surface area contributed by atoms with Gasteiger partial charge in [-0.2, -0.15) is 0 Å². The number of carbonyl (C=O) groups excluding carboxylic acids is 1. The third kappa shape index (κ3) is 4.25. The molecule has 0 atom stereocenters. The highest BCUT2D eigenvalue weighted by Crippen LogP contribution is 2.34. The Morgan fingerprint density at radius 2 is 1.60 bits per heavy atom. The molecule has 0 aliphatic carbocycles. The first-order chi connectivity index (χ1) is 14.2. The van der Waals surface area contributed by atoms with E-state index in [1.165, 1.54) is 0 Å². The quantitative estimate of drug-likeness (QED) is 0.425. The van der Waals surface area contributed by atoms with Gasteiger partial charge in [-0.25, -0.2) is 4.79 Å². The lowest BCUT2D eigenvalue weighted by Gasteiger charge is -2.10. The number of carbonyl (C=O) groups is 2. The normalized spacial score (nSPS) is 11.3. The number of furan rings is 1. The molecule has 2 aromatic heterocycles. The van der Waals surface area contributed by atoms with Gasteiger partial charge in [0.25, 0.3) is 0 Å². The lowest BCUT2D eigenvalue weighted by Crippen LogP contribution is -2.28. The molecular weight excluding hydrogens is 386 g/mol. The van der Waals surface area contributed by atoms with Gasteiger partial charge in [0.15, 0.2) is 0 Å². The van der Waals surface area contributed by atoms with Crippen molar-refractivity contribution in [2.24, 2.45) is 0 Å². The molecule has 0 spiro atoms. The maximum absolute atomic E-state index is 12.6. The number of rotatable bonds is 8. The van der Waals surface area contributed by atoms with Gasteiger partial charge in [0.1, 0.15) is 16.9 Å². The van der Waals surface area contributed by atoms with E-state index in [0.29, 0.717) is 36.1 Å². The van der Waals surface area contributed by atoms with Crippen molar-refractivity contribution in [3.63, 3.8) is 0 Å². The molecule has 3 rings (SSSR count). The maximum atomic E-state index is 12.6. The van der Waals surface area contributed by atoms with Gasteiger partial charge in [0.2, 0.25) is 5.91 Å². The van der Waals surface area contributed by atoms with Gasteiger partial charge in [-0.1, -0.05) is 6.42 Å². The minimum absolute atomic E-state index is 0.0558. The van der Waals surface area contributed by atoms with Crippen molar-refractivity contribution in [3.8, 4) is 0 Å². The summed E-state index contributed by atoms with van der Waals surface area (Å²) in [7, 11) is 0. The van der Waals surface area contributed by atoms with Crippen molar-refractivity contribution in [3.05, 3.63) is 44.5 Å². The van der Waals surface area contributed by atoms with Crippen molar-refractivity contribution in [2.75, 3.05) is 6.54 Å². The summed E-state index contributed by atoms with van der Waals surface area (Å²) in [4.78, 5) is 35.4. The summed E-state index contributed by atoms with van der Waals surface area (Å²) < 4.78 is 11.4. The Hall–Kier alpha value is -3.09. The predicted molar refractivity (Wildman–Crippen MR) is 114 cm³/mol. The van der Waals surface area contributed by atoms with Crippen LogP contribution < -0.4 is 10.9 Å². The highest BCUT2D eigenvalue weighted by Gasteiger charge is 2.20. The van der Waals surface area contributed by atoms with Gasteiger partial charge < -0.3 is 19.3 Å². The van der Waals surface area contributed by atoms with Crippen LogP contribution in [0.15, 0.2) is 19.7 Å². The third-order valence-corrected chi connectivity index (χ3v) is 5.67. The molecule has 2 N–H and O–H groups in total. The fraction of sp³-hybridized carbons (Fsp3) is 0.435. The molecule has 0 unspecified atom stereocenters. The standard InChI is InChI=1S/C23H27NO6/c1-12-15(4)29-21-14(3)22-17(10-16(12)21)13(2)18(23(28)30-22)11-19(25)24-9-7-5-6-8-20(26)27/h10H,5-9,11H2,1-4H3,(H,24,25)(H,26,27). The van der Waals surface area contributed by atoms with E-state index in [-0.39, 0.29) is 18.7 Å². The van der Waals surface area contributed by atoms with Crippen LogP contribution in [0.5, 0.6) is 0 Å². The predicted octanol–water partition coefficient (Wildman–Crippen LogP) is 4.08. The Balaban J connectivity index is 1.80. The topological polar surface area (TPSA) is 110 Å². The van der Waals surface area contributed by atoms with Crippen molar-refractivity contribution < 1.29 is 23.5 Å². The number of hydrogen-bond acceptors (Lipinski definition) is 5. The van der Waals surface area contributed by atoms with Gasteiger partial charge in [-0.05, 0) is 57.7 Å². The van der Waals surface area contributed by atoms with Crippen LogP contribution in [0.2, 0.25) is 0 Å². The van der Waals surface area contributed by atoms with Crippen LogP contribution in [0.25, 0.3) is 21.9 Å². The largest absolute Gasteiger partial charge is 0.481 e. The molecule has 0 bridgehead atoms. The molecule has 2 heterocycles. The van der Waals surface area contributed by atoms with Crippen LogP contribution >= 0.6 is 0 Å². The Kier molecular flexibility index (Phi) is 6.29. The Labute approximate surface area is 174 Å². The molecule has 7 nitrogen and oxygen atoms in total. The van der Waals surface area contributed by atoms with E-state index < -0.39 is 11.6 Å². The average molecular weight is 413 g/mol. The summed E-state index contributed by atoms with van der Waals surface area (Å²) in [5.41, 5.74) is 3.59. The van der Waals surface area contributed by atoms with Crippen LogP contribution in [0, 0.1) is 27.7 Å². The number of carboxylic acids is 1. The van der Waals surface area contributed by atoms with E-state index >= 15 is 0 Å². The third-order valence-electron chi connectivity index (χ3n) is 5.67. The molecule has 0 aliphatic rings. The Morgan fingerprint density at radius 1 is 0.933 bits per heavy atom. The second-order valence-corrected chi connectivity index (χ2v) is 7.76. The van der Waals surface area contributed by atoms with E-state index in [9.17, 15) is 14.4 Å². The molecule has 30 heavy (non-hydrogen) atoms. The van der Waals surface area contributed by atoms with Crippen LogP contribution in [0.3, 0.4) is 0 Å². The molecule has 1 aromatic carbocycles. The monoisotopic (exact) mass is 413 g/mol. The van der Waals surface area contributed by atoms with Crippen LogP contribution in [0.1, 0.15) is 53.7 Å². The first-order valence-electron chi connectivity index (χ1n) is 10.1. The lowest BCUT2D eigenvalue weighted by molar-refractivity contribution is -0.137. The minimum Gasteiger partial charge on any atom is -0.481 e. The van der Waals surface area contributed by atoms with Crippen molar-refractivity contribution in [1.29, 1.82) is 0 Å². The van der Waals surface area contributed by atoms with E-state index in [0.717, 1.165) is 39.6 Å². The van der Waals surface area contributed by atoms with Crippen molar-refractivity contribution >= 4 is 33.8 Å². The molecule has 1 amide bonds. The second kappa shape index (κ2) is 8.73. The summed E-state index contributed by atoms with van der Waals surface area (Å²) in [6.45, 7) is 8.04. The van der Waals surface area contributed by atoms with Crippen LogP contribution in [0.4, 0.5) is 0 Å². The van der Waals surface area contributed by atoms with Gasteiger partial charge in [-0.3, -0.25) is 9.59 Å². The summed E-state index contributed by atoms with van der Waals surface area (Å²) in [6.07, 6.45) is 2.08. The summed E-state index contributed by atoms with van der Waals surface area (Å²) in [6, 6.07) is 1.96. The smallest absolute Gasteiger partial charge is 0.340 e. The number of benzene rings is 1. The average Bonchev–Trinajstić information content (AvgIpc) is 2.97. The molecule has 0 fully saturated rings. The molecule has 0 radical (unpaired) electrons. The zero-order valence-electron chi connectivity index (χ0n) is 17.8. The molecule has 0 aliphatic heterocycles. The summed E-state index contributed by atoms with van der Waals surface area (Å²) >= 11 is 0. The first kappa shape index (κ1) is 21.6. The maximum Gasteiger partial charge on any atom is 0.340 e. The molecule has 0 saturated heterocycles. The number of aryl methyl sites for hydroxylation is 4. The van der Waals surface area contributed by atoms with Gasteiger partial charge in [0.05, 0.1) is 12.0 Å². The number of hydrogen-bond donors (Lipinski definition) is 2. The fourth-order valence-electron chi connectivity index (χ4n) is 3.73. The lowest BCUT2D eigenvalue weighted by atomic mass is 9.99. The Morgan fingerprint density at radius 3 is 2.30 bits per heavy atom. The number of carboxylic acid groups (broad SMARTS) is 1. The molecular formula is C23H27NO6. The zero-order chi connectivity index (χ0) is 22.0. The van der Waals surface area contributed by atoms with Gasteiger partial charge >= 0.3 is 11.6 Å². The Bertz CT molecular complexity index is 1180. The van der Waals surface area contributed by atoms with E-state index in [1.54, 1.807) is 0 Å². The van der Waals surface area contributed by atoms with Gasteiger partial charge in [0, 0.05) is 29.3 Å². The summed E-state index contributed by atoms with van der Waals surface area (Å²) in [5, 5.41) is 13.2. The molecule has 160 valence electrons. The van der Waals surface area contributed by atoms with Crippen LogP contribution in [-0.2, 0) is 16.0 Å². The second-order valence-electron chi connectivity index (χ2n) is 7.76. The van der Waals surface area contributed by atoms with Crippen LogP contribution in [-0.4, -0.2) is 23.5 Å². The number of fused-ring (bicyclic) bond motifs is 2. The molecule has 3 aromatic rings. The van der Waals surface area contributed by atoms with Gasteiger partial charge in [-0.15, -0.1) is 0 Å². The van der Waals surface area contributed by atoms with E-state index in [2.05, 4.69) is 5.32 Å². The first-order valence-corrected chi connectivity index (χ1v) is 10.1. The number of nitrogens with one attached hydrogen (secondary N) is 1. The molecule has 7 heteroatoms.